The van der Waals surface area contributed by atoms with E-state index in [2.05, 4.69) is 10.3 Å². The molecule has 0 radical (unpaired) electrons. The lowest BCUT2D eigenvalue weighted by Crippen LogP contribution is -2.18. The minimum Gasteiger partial charge on any atom is -0.325 e. The molecule has 9 heteroatoms. The normalized spacial score (nSPS) is 11.7. The zero-order chi connectivity index (χ0) is 18.0. The molecule has 0 saturated heterocycles. The number of nitrogens with one attached hydrogen (secondary N) is 1. The first-order chi connectivity index (χ1) is 11.8. The van der Waals surface area contributed by atoms with Crippen molar-refractivity contribution in [2.45, 2.75) is 10.5 Å². The van der Waals surface area contributed by atoms with Crippen molar-refractivity contribution in [3.05, 3.63) is 53.1 Å². The summed E-state index contributed by atoms with van der Waals surface area (Å²) in [6.45, 7) is 0. The zero-order valence-electron chi connectivity index (χ0n) is 12.4. The van der Waals surface area contributed by atoms with Gasteiger partial charge in [-0.05, 0) is 30.3 Å². The quantitative estimate of drug-likeness (QED) is 0.569. The van der Waals surface area contributed by atoms with Crippen molar-refractivity contribution in [2.24, 2.45) is 0 Å². The molecular formula is C16H10ClF3N2OS2. The molecule has 0 spiro atoms. The summed E-state index contributed by atoms with van der Waals surface area (Å²) in [7, 11) is 0. The Bertz CT molecular complexity index is 894. The van der Waals surface area contributed by atoms with Crippen LogP contribution in [-0.2, 0) is 11.0 Å². The van der Waals surface area contributed by atoms with Crippen molar-refractivity contribution in [3.63, 3.8) is 0 Å². The third-order valence-corrected chi connectivity index (χ3v) is 5.58. The number of aromatic nitrogens is 1. The Morgan fingerprint density at radius 2 is 2.00 bits per heavy atom. The number of alkyl halides is 3. The average Bonchev–Trinajstić information content (AvgIpc) is 2.96. The number of hydrogen-bond donors (Lipinski definition) is 1. The van der Waals surface area contributed by atoms with Gasteiger partial charge in [0.25, 0.3) is 0 Å². The van der Waals surface area contributed by atoms with Gasteiger partial charge < -0.3 is 5.32 Å². The number of rotatable bonds is 4. The van der Waals surface area contributed by atoms with E-state index in [-0.39, 0.29) is 16.5 Å². The molecule has 0 aliphatic heterocycles. The molecule has 130 valence electrons. The molecule has 1 aromatic heterocycles. The van der Waals surface area contributed by atoms with Crippen LogP contribution in [0.3, 0.4) is 0 Å². The van der Waals surface area contributed by atoms with Gasteiger partial charge in [-0.3, -0.25) is 4.79 Å². The number of halogens is 4. The molecule has 0 unspecified atom stereocenters. The minimum absolute atomic E-state index is 0.0419. The van der Waals surface area contributed by atoms with Crippen molar-refractivity contribution < 1.29 is 18.0 Å². The zero-order valence-corrected chi connectivity index (χ0v) is 14.8. The number of para-hydroxylation sites is 1. The Balaban J connectivity index is 1.68. The molecule has 0 saturated carbocycles. The highest BCUT2D eigenvalue weighted by molar-refractivity contribution is 8.01. The molecular weight excluding hydrogens is 393 g/mol. The van der Waals surface area contributed by atoms with Crippen LogP contribution in [-0.4, -0.2) is 16.6 Å². The summed E-state index contributed by atoms with van der Waals surface area (Å²) in [6, 6.07) is 10.8. The van der Waals surface area contributed by atoms with Crippen LogP contribution in [0.15, 0.2) is 46.8 Å². The maximum absolute atomic E-state index is 13.0. The van der Waals surface area contributed by atoms with E-state index in [9.17, 15) is 18.0 Å². The van der Waals surface area contributed by atoms with Crippen LogP contribution in [0, 0.1) is 0 Å². The fourth-order valence-electron chi connectivity index (χ4n) is 2.09. The van der Waals surface area contributed by atoms with Crippen molar-refractivity contribution >= 4 is 56.5 Å². The molecule has 0 bridgehead atoms. The van der Waals surface area contributed by atoms with Crippen LogP contribution in [0.2, 0.25) is 5.02 Å². The van der Waals surface area contributed by atoms with Gasteiger partial charge in [-0.15, -0.1) is 11.3 Å². The Morgan fingerprint density at radius 1 is 1.24 bits per heavy atom. The van der Waals surface area contributed by atoms with Gasteiger partial charge in [-0.2, -0.15) is 13.2 Å². The van der Waals surface area contributed by atoms with Crippen molar-refractivity contribution in [2.75, 3.05) is 11.1 Å². The number of carbonyl (C=O) groups excluding carboxylic acids is 1. The van der Waals surface area contributed by atoms with Gasteiger partial charge in [0.15, 0.2) is 4.34 Å². The van der Waals surface area contributed by atoms with E-state index in [1.54, 1.807) is 0 Å². The number of thiazole rings is 1. The van der Waals surface area contributed by atoms with Crippen LogP contribution in [0.25, 0.3) is 10.2 Å². The first-order valence-electron chi connectivity index (χ1n) is 6.98. The van der Waals surface area contributed by atoms with Gasteiger partial charge in [0.05, 0.1) is 27.2 Å². The largest absolute Gasteiger partial charge is 0.418 e. The Kier molecular flexibility index (Phi) is 5.21. The summed E-state index contributed by atoms with van der Waals surface area (Å²) in [5.74, 6) is -0.586. The number of anilines is 1. The van der Waals surface area contributed by atoms with E-state index in [1.807, 2.05) is 24.3 Å². The lowest BCUT2D eigenvalue weighted by atomic mass is 10.1. The molecule has 1 amide bonds. The second kappa shape index (κ2) is 7.23. The number of carbonyl (C=O) groups is 1. The molecule has 3 nitrogen and oxygen atoms in total. The van der Waals surface area contributed by atoms with E-state index in [0.29, 0.717) is 4.34 Å². The summed E-state index contributed by atoms with van der Waals surface area (Å²) in [6.07, 6.45) is -4.60. The van der Waals surface area contributed by atoms with E-state index in [0.717, 1.165) is 22.3 Å². The lowest BCUT2D eigenvalue weighted by Gasteiger charge is -2.13. The minimum atomic E-state index is -4.60. The predicted octanol–water partition coefficient (Wildman–Crippen LogP) is 5.70. The van der Waals surface area contributed by atoms with Crippen molar-refractivity contribution in [1.82, 2.24) is 4.98 Å². The third-order valence-electron chi connectivity index (χ3n) is 3.16. The van der Waals surface area contributed by atoms with Gasteiger partial charge in [-0.25, -0.2) is 4.98 Å². The molecule has 1 N–H and O–H groups in total. The van der Waals surface area contributed by atoms with Crippen LogP contribution in [0.1, 0.15) is 5.56 Å². The fraction of sp³-hybridized carbons (Fsp3) is 0.125. The summed E-state index contributed by atoms with van der Waals surface area (Å²) in [5.41, 5.74) is -0.461. The van der Waals surface area contributed by atoms with E-state index >= 15 is 0 Å². The molecule has 0 aliphatic carbocycles. The molecule has 3 aromatic rings. The first-order valence-corrected chi connectivity index (χ1v) is 9.16. The summed E-state index contributed by atoms with van der Waals surface area (Å²) in [5, 5.41) is 2.24. The smallest absolute Gasteiger partial charge is 0.325 e. The number of amides is 1. The second-order valence-electron chi connectivity index (χ2n) is 4.97. The topological polar surface area (TPSA) is 42.0 Å². The van der Waals surface area contributed by atoms with Crippen molar-refractivity contribution in [1.29, 1.82) is 0 Å². The van der Waals surface area contributed by atoms with E-state index in [4.69, 9.17) is 11.6 Å². The van der Waals surface area contributed by atoms with Gasteiger partial charge in [0, 0.05) is 5.02 Å². The van der Waals surface area contributed by atoms with Gasteiger partial charge in [0.1, 0.15) is 0 Å². The monoisotopic (exact) mass is 402 g/mol. The van der Waals surface area contributed by atoms with Crippen molar-refractivity contribution in [3.8, 4) is 0 Å². The van der Waals surface area contributed by atoms with Gasteiger partial charge in [0.2, 0.25) is 5.91 Å². The van der Waals surface area contributed by atoms with Crippen LogP contribution >= 0.6 is 34.7 Å². The van der Waals surface area contributed by atoms with Crippen LogP contribution in [0.4, 0.5) is 18.9 Å². The number of fused-ring (bicyclic) bond motifs is 1. The number of hydrogen-bond acceptors (Lipinski definition) is 4. The number of thioether (sulfide) groups is 1. The summed E-state index contributed by atoms with van der Waals surface area (Å²) in [4.78, 5) is 16.4. The lowest BCUT2D eigenvalue weighted by molar-refractivity contribution is -0.137. The van der Waals surface area contributed by atoms with Crippen LogP contribution in [0.5, 0.6) is 0 Å². The number of benzene rings is 2. The Labute approximate surface area is 154 Å². The van der Waals surface area contributed by atoms with Crippen LogP contribution < -0.4 is 5.32 Å². The standard InChI is InChI=1S/C16H10ClF3N2OS2/c17-9-5-6-11(10(7-9)16(18,19)20)21-14(23)8-24-15-22-12-3-1-2-4-13(12)25-15/h1-7H,8H2,(H,21,23). The molecule has 3 rings (SSSR count). The predicted molar refractivity (Wildman–Crippen MR) is 95.4 cm³/mol. The molecule has 25 heavy (non-hydrogen) atoms. The summed E-state index contributed by atoms with van der Waals surface area (Å²) < 4.78 is 40.7. The Morgan fingerprint density at radius 3 is 2.72 bits per heavy atom. The molecule has 0 atom stereocenters. The molecule has 0 fully saturated rings. The fourth-order valence-corrected chi connectivity index (χ4v) is 4.13. The van der Waals surface area contributed by atoms with E-state index in [1.165, 1.54) is 29.2 Å². The highest BCUT2D eigenvalue weighted by Crippen LogP contribution is 2.36. The SMILES string of the molecule is O=C(CSc1nc2ccccc2s1)Nc1ccc(Cl)cc1C(F)(F)F. The third kappa shape index (κ3) is 4.45. The molecule has 1 heterocycles. The van der Waals surface area contributed by atoms with Gasteiger partial charge in [-0.1, -0.05) is 35.5 Å². The molecule has 0 aliphatic rings. The highest BCUT2D eigenvalue weighted by atomic mass is 35.5. The number of nitrogens with zero attached hydrogens (tertiary/aromatic N) is 1. The van der Waals surface area contributed by atoms with E-state index < -0.39 is 17.6 Å². The highest BCUT2D eigenvalue weighted by Gasteiger charge is 2.34. The Hall–Kier alpha value is -1.77. The second-order valence-corrected chi connectivity index (χ2v) is 7.66. The first kappa shape index (κ1) is 18.0. The maximum atomic E-state index is 13.0. The summed E-state index contributed by atoms with van der Waals surface area (Å²) >= 11 is 8.22. The average molecular weight is 403 g/mol. The van der Waals surface area contributed by atoms with Gasteiger partial charge >= 0.3 is 6.18 Å². The molecule has 2 aromatic carbocycles. The maximum Gasteiger partial charge on any atom is 0.418 e.